The van der Waals surface area contributed by atoms with Crippen LogP contribution in [0, 0.1) is 0 Å². The summed E-state index contributed by atoms with van der Waals surface area (Å²) in [6, 6.07) is 0. The van der Waals surface area contributed by atoms with Gasteiger partial charge >= 0.3 is 78.3 Å². The Morgan fingerprint density at radius 1 is 0.933 bits per heavy atom. The number of unbranched alkanes of at least 4 members (excludes halogenated alkanes) is 4. The molecule has 15 heavy (non-hydrogen) atoms. The van der Waals surface area contributed by atoms with Crippen LogP contribution < -0.4 is 0 Å². The van der Waals surface area contributed by atoms with E-state index >= 15 is 0 Å². The fourth-order valence-electron chi connectivity index (χ4n) is 1.12. The third kappa shape index (κ3) is 25.3. The molecule has 0 aromatic carbocycles. The minimum atomic E-state index is 0.384. The van der Waals surface area contributed by atoms with E-state index in [1.807, 2.05) is 0 Å². The van der Waals surface area contributed by atoms with Crippen LogP contribution in [0.1, 0.15) is 52.4 Å². The average molecular weight is 290 g/mol. The summed E-state index contributed by atoms with van der Waals surface area (Å²) >= 11 is 4.85. The standard InChI is InChI=1S/C10H22Ge.C2H6NS/c1-3-5-7-9-11-10-8-6-4-2;3-1-2-4/h3-10H2,1-2H3;3-4H,1-2H2/q;-1/p-1. The Bertz CT molecular complexity index is 81.7. The second-order valence-corrected chi connectivity index (χ2v) is 7.17. The molecule has 2 radical (unpaired) electrons. The predicted molar refractivity (Wildman–Crippen MR) is 75.8 cm³/mol. The third-order valence-electron chi connectivity index (χ3n) is 2.02. The third-order valence-corrected chi connectivity index (χ3v) is 5.19. The maximum Gasteiger partial charge on any atom is -0.174 e. The van der Waals surface area contributed by atoms with Crippen LogP contribution in [0.15, 0.2) is 0 Å². The van der Waals surface area contributed by atoms with Crippen LogP contribution in [0.5, 0.6) is 0 Å². The van der Waals surface area contributed by atoms with Crippen molar-refractivity contribution in [3.63, 3.8) is 0 Å². The molecule has 0 unspecified atom stereocenters. The number of nitrogens with one attached hydrogen (secondary N) is 1. The van der Waals surface area contributed by atoms with Gasteiger partial charge in [0.15, 0.2) is 0 Å². The van der Waals surface area contributed by atoms with Gasteiger partial charge in [-0.05, 0) is 0 Å². The van der Waals surface area contributed by atoms with Crippen molar-refractivity contribution in [2.75, 3.05) is 12.3 Å². The number of hydrogen-bond acceptors (Lipinski definition) is 1. The molecule has 0 saturated heterocycles. The van der Waals surface area contributed by atoms with Crippen molar-refractivity contribution < 1.29 is 0 Å². The molecular weight excluding hydrogens is 263 g/mol. The molecule has 0 amide bonds. The molecule has 0 bridgehead atoms. The quantitative estimate of drug-likeness (QED) is 0.348. The number of rotatable bonds is 9. The molecule has 0 saturated carbocycles. The van der Waals surface area contributed by atoms with Gasteiger partial charge in [0.25, 0.3) is 0 Å². The van der Waals surface area contributed by atoms with Crippen LogP contribution in [0.3, 0.4) is 0 Å². The van der Waals surface area contributed by atoms with Crippen molar-refractivity contribution in [2.24, 2.45) is 0 Å². The van der Waals surface area contributed by atoms with E-state index < -0.39 is 0 Å². The SMILES string of the molecule is CCCC[CH2][Ge][CH2]CCCC.[NH-]CC[S-]. The van der Waals surface area contributed by atoms with Gasteiger partial charge in [-0.2, -0.15) is 12.3 Å². The molecule has 0 aliphatic heterocycles. The molecule has 0 atom stereocenters. The summed E-state index contributed by atoms with van der Waals surface area (Å²) in [5, 5.41) is 3.19. The molecule has 1 nitrogen and oxygen atoms in total. The fourth-order valence-corrected chi connectivity index (χ4v) is 3.75. The van der Waals surface area contributed by atoms with Gasteiger partial charge in [-0.25, -0.2) is 0 Å². The van der Waals surface area contributed by atoms with Crippen LogP contribution in [-0.4, -0.2) is 27.7 Å². The summed E-state index contributed by atoms with van der Waals surface area (Å²) in [7, 11) is 0. The Kier molecular flexibility index (Phi) is 24.6. The molecule has 0 aliphatic carbocycles. The summed E-state index contributed by atoms with van der Waals surface area (Å²) in [4.78, 5) is 0. The van der Waals surface area contributed by atoms with Gasteiger partial charge in [0.1, 0.15) is 0 Å². The molecule has 0 spiro atoms. The van der Waals surface area contributed by atoms with Crippen LogP contribution in [-0.2, 0) is 12.6 Å². The van der Waals surface area contributed by atoms with E-state index in [0.717, 1.165) is 0 Å². The van der Waals surface area contributed by atoms with Crippen molar-refractivity contribution in [3.05, 3.63) is 5.73 Å². The van der Waals surface area contributed by atoms with E-state index in [1.54, 1.807) is 10.5 Å². The Balaban J connectivity index is 0. The summed E-state index contributed by atoms with van der Waals surface area (Å²) < 4.78 is 0. The monoisotopic (exact) mass is 291 g/mol. The molecule has 1 N–H and O–H groups in total. The molecule has 0 fully saturated rings. The summed E-state index contributed by atoms with van der Waals surface area (Å²) in [5.74, 6) is 0.569. The summed E-state index contributed by atoms with van der Waals surface area (Å²) in [5.41, 5.74) is 6.35. The molecular formula is C12H27GeNS-2. The van der Waals surface area contributed by atoms with E-state index in [-0.39, 0.29) is 0 Å². The van der Waals surface area contributed by atoms with Gasteiger partial charge in [-0.1, -0.05) is 0 Å². The maximum absolute atomic E-state index is 6.35. The molecule has 0 aromatic rings. The van der Waals surface area contributed by atoms with Crippen molar-refractivity contribution in [3.8, 4) is 0 Å². The van der Waals surface area contributed by atoms with Gasteiger partial charge < -0.3 is 18.4 Å². The van der Waals surface area contributed by atoms with E-state index in [0.29, 0.717) is 27.7 Å². The minimum Gasteiger partial charge on any atom is -0.794 e. The predicted octanol–water partition coefficient (Wildman–Crippen LogP) is 4.49. The Hall–Kier alpha value is 0.853. The Labute approximate surface area is 109 Å². The van der Waals surface area contributed by atoms with E-state index in [4.69, 9.17) is 5.73 Å². The normalized spacial score (nSPS) is 9.60. The van der Waals surface area contributed by atoms with Crippen LogP contribution in [0.2, 0.25) is 10.5 Å². The Morgan fingerprint density at radius 3 is 1.60 bits per heavy atom. The first-order valence-corrected chi connectivity index (χ1v) is 9.81. The second-order valence-electron chi connectivity index (χ2n) is 3.62. The van der Waals surface area contributed by atoms with Crippen LogP contribution in [0.25, 0.3) is 5.73 Å². The van der Waals surface area contributed by atoms with E-state index in [2.05, 4.69) is 26.5 Å². The van der Waals surface area contributed by atoms with Gasteiger partial charge in [-0.3, -0.25) is 0 Å². The maximum atomic E-state index is 6.35. The first kappa shape index (κ1) is 18.2. The summed E-state index contributed by atoms with van der Waals surface area (Å²) in [6.07, 6.45) is 8.75. The molecule has 3 heteroatoms. The van der Waals surface area contributed by atoms with Crippen molar-refractivity contribution in [2.45, 2.75) is 62.9 Å². The number of hydrogen-bond donors (Lipinski definition) is 0. The van der Waals surface area contributed by atoms with E-state index in [1.165, 1.54) is 38.5 Å². The average Bonchev–Trinajstić information content (AvgIpc) is 2.28. The van der Waals surface area contributed by atoms with Gasteiger partial charge in [0, 0.05) is 0 Å². The van der Waals surface area contributed by atoms with Crippen molar-refractivity contribution >= 4 is 28.1 Å². The topological polar surface area (TPSA) is 23.8 Å². The zero-order chi connectivity index (χ0) is 11.8. The molecule has 0 heterocycles. The van der Waals surface area contributed by atoms with Crippen LogP contribution >= 0.6 is 0 Å². The fraction of sp³-hybridized carbons (Fsp3) is 1.00. The van der Waals surface area contributed by atoms with Gasteiger partial charge in [0.05, 0.1) is 0 Å². The van der Waals surface area contributed by atoms with Crippen molar-refractivity contribution in [1.82, 2.24) is 0 Å². The molecule has 92 valence electrons. The smallest absolute Gasteiger partial charge is 0.174 e. The zero-order valence-corrected chi connectivity index (χ0v) is 13.4. The second kappa shape index (κ2) is 20.3. The van der Waals surface area contributed by atoms with Gasteiger partial charge in [0.2, 0.25) is 0 Å². The van der Waals surface area contributed by atoms with Gasteiger partial charge in [-0.15, -0.1) is 0 Å². The molecule has 0 aliphatic rings. The minimum absolute atomic E-state index is 0.384. The molecule has 0 aromatic heterocycles. The largest absolute Gasteiger partial charge is 0.794 e. The first-order chi connectivity index (χ1) is 7.33. The van der Waals surface area contributed by atoms with E-state index in [9.17, 15) is 0 Å². The summed E-state index contributed by atoms with van der Waals surface area (Å²) in [6.45, 7) is 4.96. The molecule has 0 rings (SSSR count). The van der Waals surface area contributed by atoms with Crippen LogP contribution in [0.4, 0.5) is 0 Å². The van der Waals surface area contributed by atoms with Crippen molar-refractivity contribution in [1.29, 1.82) is 0 Å². The zero-order valence-electron chi connectivity index (χ0n) is 10.5. The first-order valence-electron chi connectivity index (χ1n) is 6.26. The Morgan fingerprint density at radius 2 is 1.33 bits per heavy atom.